The van der Waals surface area contributed by atoms with Crippen LogP contribution in [-0.2, 0) is 0 Å². The molecule has 1 nitrogen and oxygen atoms in total. The van der Waals surface area contributed by atoms with Gasteiger partial charge in [-0.05, 0) is 44.9 Å². The van der Waals surface area contributed by atoms with Gasteiger partial charge in [0.1, 0.15) is 0 Å². The van der Waals surface area contributed by atoms with Crippen LogP contribution in [0.5, 0.6) is 0 Å². The van der Waals surface area contributed by atoms with Crippen molar-refractivity contribution in [3.05, 3.63) is 11.1 Å². The standard InChI is InChI=1S/C12H20O/c1-8(2)9-4-6-12(3)7-5-10(9)11(12)13/h10-11,13H,4-7H2,1-3H3/t10-,11+,12-/m1/s1. The van der Waals surface area contributed by atoms with Crippen molar-refractivity contribution in [2.75, 3.05) is 0 Å². The second-order valence-corrected chi connectivity index (χ2v) is 5.27. The fourth-order valence-corrected chi connectivity index (χ4v) is 3.14. The van der Waals surface area contributed by atoms with Crippen molar-refractivity contribution in [1.29, 1.82) is 0 Å². The van der Waals surface area contributed by atoms with Crippen LogP contribution in [0.15, 0.2) is 11.1 Å². The second-order valence-electron chi connectivity index (χ2n) is 5.27. The fourth-order valence-electron chi connectivity index (χ4n) is 3.14. The Bertz CT molecular complexity index is 250. The topological polar surface area (TPSA) is 20.2 Å². The van der Waals surface area contributed by atoms with Crippen molar-refractivity contribution in [3.8, 4) is 0 Å². The molecule has 74 valence electrons. The maximum absolute atomic E-state index is 10.2. The SMILES string of the molecule is CC(C)=C1CC[C@]2(C)CC[C@H]1[C@@H]2O. The van der Waals surface area contributed by atoms with Crippen LogP contribution in [0.25, 0.3) is 0 Å². The molecule has 2 aliphatic carbocycles. The Morgan fingerprint density at radius 2 is 2.08 bits per heavy atom. The van der Waals surface area contributed by atoms with Gasteiger partial charge in [-0.1, -0.05) is 18.1 Å². The molecule has 0 aromatic carbocycles. The normalized spacial score (nSPS) is 43.8. The van der Waals surface area contributed by atoms with Crippen molar-refractivity contribution in [2.45, 2.75) is 52.6 Å². The minimum absolute atomic E-state index is 0.0638. The Morgan fingerprint density at radius 3 is 2.69 bits per heavy atom. The van der Waals surface area contributed by atoms with Gasteiger partial charge in [-0.2, -0.15) is 0 Å². The van der Waals surface area contributed by atoms with Gasteiger partial charge in [-0.25, -0.2) is 0 Å². The third-order valence-electron chi connectivity index (χ3n) is 4.18. The van der Waals surface area contributed by atoms with Crippen LogP contribution in [0, 0.1) is 11.3 Å². The highest BCUT2D eigenvalue weighted by Gasteiger charge is 2.48. The van der Waals surface area contributed by atoms with Gasteiger partial charge < -0.3 is 5.11 Å². The zero-order chi connectivity index (χ0) is 9.64. The zero-order valence-corrected chi connectivity index (χ0v) is 8.93. The monoisotopic (exact) mass is 180 g/mol. The third kappa shape index (κ3) is 1.25. The zero-order valence-electron chi connectivity index (χ0n) is 8.93. The molecule has 0 unspecified atom stereocenters. The molecule has 0 aromatic rings. The van der Waals surface area contributed by atoms with Crippen LogP contribution in [0.4, 0.5) is 0 Å². The first-order valence-electron chi connectivity index (χ1n) is 5.39. The summed E-state index contributed by atoms with van der Waals surface area (Å²) in [5.74, 6) is 0.490. The number of rotatable bonds is 0. The highest BCUT2D eigenvalue weighted by Crippen LogP contribution is 2.53. The number of aliphatic hydroxyl groups excluding tert-OH is 1. The van der Waals surface area contributed by atoms with E-state index in [1.807, 2.05) is 0 Å². The maximum Gasteiger partial charge on any atom is 0.0659 e. The van der Waals surface area contributed by atoms with Gasteiger partial charge in [0.2, 0.25) is 0 Å². The van der Waals surface area contributed by atoms with E-state index >= 15 is 0 Å². The van der Waals surface area contributed by atoms with Crippen molar-refractivity contribution < 1.29 is 5.11 Å². The Morgan fingerprint density at radius 1 is 1.38 bits per heavy atom. The Labute approximate surface area is 80.8 Å². The summed E-state index contributed by atoms with van der Waals surface area (Å²) in [4.78, 5) is 0. The molecule has 0 amide bonds. The molecule has 0 aliphatic heterocycles. The summed E-state index contributed by atoms with van der Waals surface area (Å²) in [5, 5.41) is 10.2. The van der Waals surface area contributed by atoms with Crippen LogP contribution < -0.4 is 0 Å². The molecule has 2 aliphatic rings. The number of fused-ring (bicyclic) bond motifs is 2. The molecule has 2 fully saturated rings. The Hall–Kier alpha value is -0.300. The van der Waals surface area contributed by atoms with E-state index in [9.17, 15) is 5.11 Å². The molecule has 3 atom stereocenters. The van der Waals surface area contributed by atoms with E-state index in [0.29, 0.717) is 5.92 Å². The van der Waals surface area contributed by atoms with Gasteiger partial charge in [-0.3, -0.25) is 0 Å². The van der Waals surface area contributed by atoms with Crippen LogP contribution in [-0.4, -0.2) is 11.2 Å². The van der Waals surface area contributed by atoms with Crippen molar-refractivity contribution in [2.24, 2.45) is 11.3 Å². The Kier molecular flexibility index (Phi) is 2.03. The van der Waals surface area contributed by atoms with Gasteiger partial charge >= 0.3 is 0 Å². The first kappa shape index (κ1) is 9.26. The average molecular weight is 180 g/mol. The summed E-state index contributed by atoms with van der Waals surface area (Å²) in [7, 11) is 0. The van der Waals surface area contributed by atoms with E-state index in [-0.39, 0.29) is 11.5 Å². The van der Waals surface area contributed by atoms with Gasteiger partial charge in [0.05, 0.1) is 6.10 Å². The first-order valence-corrected chi connectivity index (χ1v) is 5.39. The average Bonchev–Trinajstić information content (AvgIpc) is 2.30. The molecular formula is C12H20O. The highest BCUT2D eigenvalue weighted by atomic mass is 16.3. The van der Waals surface area contributed by atoms with Crippen molar-refractivity contribution >= 4 is 0 Å². The van der Waals surface area contributed by atoms with Gasteiger partial charge in [0.25, 0.3) is 0 Å². The lowest BCUT2D eigenvalue weighted by Gasteiger charge is -2.37. The molecule has 0 aromatic heterocycles. The lowest BCUT2D eigenvalue weighted by molar-refractivity contribution is 0.0226. The van der Waals surface area contributed by atoms with Crippen molar-refractivity contribution in [1.82, 2.24) is 0 Å². The maximum atomic E-state index is 10.2. The summed E-state index contributed by atoms with van der Waals surface area (Å²) in [6.45, 7) is 6.62. The molecule has 13 heavy (non-hydrogen) atoms. The lowest BCUT2D eigenvalue weighted by atomic mass is 9.72. The van der Waals surface area contributed by atoms with Crippen LogP contribution >= 0.6 is 0 Å². The molecule has 0 spiro atoms. The van der Waals surface area contributed by atoms with E-state index in [1.54, 1.807) is 5.57 Å². The Balaban J connectivity index is 2.31. The second kappa shape index (κ2) is 2.84. The molecule has 2 bridgehead atoms. The number of hydrogen-bond acceptors (Lipinski definition) is 1. The minimum Gasteiger partial charge on any atom is -0.392 e. The molecule has 0 radical (unpaired) electrons. The largest absolute Gasteiger partial charge is 0.392 e. The summed E-state index contributed by atoms with van der Waals surface area (Å²) < 4.78 is 0. The molecule has 2 rings (SSSR count). The number of aliphatic hydroxyl groups is 1. The van der Waals surface area contributed by atoms with Crippen LogP contribution in [0.3, 0.4) is 0 Å². The van der Waals surface area contributed by atoms with E-state index in [2.05, 4.69) is 20.8 Å². The predicted octanol–water partition coefficient (Wildman–Crippen LogP) is 2.89. The lowest BCUT2D eigenvalue weighted by Crippen LogP contribution is -2.35. The van der Waals surface area contributed by atoms with E-state index in [4.69, 9.17) is 0 Å². The number of hydrogen-bond donors (Lipinski definition) is 1. The fraction of sp³-hybridized carbons (Fsp3) is 0.833. The van der Waals surface area contributed by atoms with E-state index in [0.717, 1.165) is 0 Å². The molecule has 1 heteroatoms. The predicted molar refractivity (Wildman–Crippen MR) is 54.4 cm³/mol. The van der Waals surface area contributed by atoms with Gasteiger partial charge in [-0.15, -0.1) is 0 Å². The third-order valence-corrected chi connectivity index (χ3v) is 4.18. The molecule has 1 N–H and O–H groups in total. The van der Waals surface area contributed by atoms with E-state index < -0.39 is 0 Å². The van der Waals surface area contributed by atoms with Gasteiger partial charge in [0, 0.05) is 5.92 Å². The van der Waals surface area contributed by atoms with Gasteiger partial charge in [0.15, 0.2) is 0 Å². The minimum atomic E-state index is -0.0638. The quantitative estimate of drug-likeness (QED) is 0.568. The summed E-state index contributed by atoms with van der Waals surface area (Å²) in [6, 6.07) is 0. The van der Waals surface area contributed by atoms with Crippen LogP contribution in [0.2, 0.25) is 0 Å². The smallest absolute Gasteiger partial charge is 0.0659 e. The summed E-state index contributed by atoms with van der Waals surface area (Å²) in [5.41, 5.74) is 3.22. The van der Waals surface area contributed by atoms with Crippen molar-refractivity contribution in [3.63, 3.8) is 0 Å². The molecule has 0 heterocycles. The van der Waals surface area contributed by atoms with E-state index in [1.165, 1.54) is 31.3 Å². The van der Waals surface area contributed by atoms with Crippen LogP contribution in [0.1, 0.15) is 46.5 Å². The highest BCUT2D eigenvalue weighted by molar-refractivity contribution is 5.22. The number of allylic oxidation sites excluding steroid dienone is 1. The summed E-state index contributed by atoms with van der Waals surface area (Å²) >= 11 is 0. The molecule has 2 saturated carbocycles. The first-order chi connectivity index (χ1) is 6.04. The molecular weight excluding hydrogens is 160 g/mol. The molecule has 0 saturated heterocycles. The summed E-state index contributed by atoms with van der Waals surface area (Å²) in [6.07, 6.45) is 4.77.